The molecule has 144 valence electrons. The molecule has 0 saturated carbocycles. The van der Waals surface area contributed by atoms with E-state index in [4.69, 9.17) is 4.74 Å². The van der Waals surface area contributed by atoms with Crippen LogP contribution < -0.4 is 5.32 Å². The van der Waals surface area contributed by atoms with Crippen LogP contribution in [0.2, 0.25) is 0 Å². The van der Waals surface area contributed by atoms with Crippen LogP contribution in [0.15, 0.2) is 59.5 Å². The number of rotatable bonds is 7. The zero-order chi connectivity index (χ0) is 19.9. The maximum absolute atomic E-state index is 12.8. The average Bonchev–Trinajstić information content (AvgIpc) is 3.13. The number of nitrogens with one attached hydrogen (secondary N) is 1. The molecule has 0 aliphatic carbocycles. The third kappa shape index (κ3) is 4.61. The molecule has 0 radical (unpaired) electrons. The number of carbonyl (C=O) groups excluding carboxylic acids is 2. The number of amides is 1. The Balaban J connectivity index is 1.93. The number of hydrogen-bond donors (Lipinski definition) is 1. The Morgan fingerprint density at radius 3 is 2.50 bits per heavy atom. The fourth-order valence-electron chi connectivity index (χ4n) is 2.60. The minimum absolute atomic E-state index is 0.250. The lowest BCUT2D eigenvalue weighted by Gasteiger charge is -2.07. The first-order valence-corrected chi connectivity index (χ1v) is 10.7. The van der Waals surface area contributed by atoms with Crippen molar-refractivity contribution in [2.24, 2.45) is 0 Å². The quantitative estimate of drug-likeness (QED) is 0.418. The van der Waals surface area contributed by atoms with Crippen molar-refractivity contribution in [3.63, 3.8) is 0 Å². The molecule has 1 aromatic heterocycles. The van der Waals surface area contributed by atoms with Crippen molar-refractivity contribution in [2.45, 2.75) is 18.7 Å². The van der Waals surface area contributed by atoms with Crippen LogP contribution >= 0.6 is 23.1 Å². The molecule has 0 saturated heterocycles. The average molecular weight is 413 g/mol. The van der Waals surface area contributed by atoms with Gasteiger partial charge >= 0.3 is 5.97 Å². The van der Waals surface area contributed by atoms with E-state index in [1.807, 2.05) is 55.5 Å². The third-order valence-electron chi connectivity index (χ3n) is 3.79. The summed E-state index contributed by atoms with van der Waals surface area (Å²) in [5.74, 6) is 0.175. The van der Waals surface area contributed by atoms with Gasteiger partial charge in [-0.1, -0.05) is 60.7 Å². The van der Waals surface area contributed by atoms with Gasteiger partial charge in [-0.25, -0.2) is 9.78 Å². The Hall–Kier alpha value is -2.64. The van der Waals surface area contributed by atoms with E-state index in [9.17, 15) is 9.59 Å². The maximum Gasteiger partial charge on any atom is 0.350 e. The normalized spacial score (nSPS) is 10.5. The number of anilines is 1. The summed E-state index contributed by atoms with van der Waals surface area (Å²) in [4.78, 5) is 31.0. The highest BCUT2D eigenvalue weighted by Crippen LogP contribution is 2.32. The number of esters is 1. The molecule has 2 aromatic carbocycles. The predicted molar refractivity (Wildman–Crippen MR) is 114 cm³/mol. The second-order valence-corrected chi connectivity index (χ2v) is 7.97. The minimum Gasteiger partial charge on any atom is -0.462 e. The molecule has 1 heterocycles. The van der Waals surface area contributed by atoms with Crippen LogP contribution in [0.25, 0.3) is 11.3 Å². The van der Waals surface area contributed by atoms with Crippen LogP contribution in [0.3, 0.4) is 0 Å². The lowest BCUT2D eigenvalue weighted by atomic mass is 10.1. The van der Waals surface area contributed by atoms with Gasteiger partial charge in [-0.2, -0.15) is 0 Å². The highest BCUT2D eigenvalue weighted by atomic mass is 32.2. The van der Waals surface area contributed by atoms with Gasteiger partial charge in [0.15, 0.2) is 5.13 Å². The van der Waals surface area contributed by atoms with E-state index in [1.54, 1.807) is 24.8 Å². The molecule has 1 N–H and O–H groups in total. The van der Waals surface area contributed by atoms with Crippen molar-refractivity contribution >= 4 is 40.1 Å². The summed E-state index contributed by atoms with van der Waals surface area (Å²) in [6.45, 7) is 4.07. The summed E-state index contributed by atoms with van der Waals surface area (Å²) in [5.41, 5.74) is 1.89. The largest absolute Gasteiger partial charge is 0.462 e. The van der Waals surface area contributed by atoms with Gasteiger partial charge in [-0.3, -0.25) is 10.1 Å². The molecule has 0 atom stereocenters. The molecule has 0 aliphatic rings. The van der Waals surface area contributed by atoms with Crippen LogP contribution in [0.4, 0.5) is 5.13 Å². The van der Waals surface area contributed by atoms with Crippen molar-refractivity contribution in [1.82, 2.24) is 4.98 Å². The molecule has 3 aromatic rings. The Morgan fingerprint density at radius 1 is 1.07 bits per heavy atom. The van der Waals surface area contributed by atoms with Crippen molar-refractivity contribution in [3.8, 4) is 11.3 Å². The molecule has 0 aliphatic heterocycles. The fourth-order valence-corrected chi connectivity index (χ4v) is 4.28. The molecule has 0 fully saturated rings. The lowest BCUT2D eigenvalue weighted by Crippen LogP contribution is -2.12. The Bertz CT molecular complexity index is 971. The second-order valence-electron chi connectivity index (χ2n) is 5.67. The number of benzene rings is 2. The van der Waals surface area contributed by atoms with Crippen LogP contribution in [-0.4, -0.2) is 29.2 Å². The Morgan fingerprint density at radius 2 is 1.79 bits per heavy atom. The zero-order valence-corrected chi connectivity index (χ0v) is 17.2. The standard InChI is InChI=1S/C21H20N2O3S2/c1-3-26-20(25)18-17(14-10-6-5-7-11-14)22-21(28-18)23-19(24)15-12-8-9-13-16(15)27-4-2/h5-13H,3-4H2,1-2H3,(H,22,23,24). The second kappa shape index (κ2) is 9.52. The van der Waals surface area contributed by atoms with Gasteiger partial charge in [0, 0.05) is 10.5 Å². The predicted octanol–water partition coefficient (Wildman–Crippen LogP) is 5.35. The molecule has 28 heavy (non-hydrogen) atoms. The summed E-state index contributed by atoms with van der Waals surface area (Å²) in [6.07, 6.45) is 0. The first-order chi connectivity index (χ1) is 13.6. The van der Waals surface area contributed by atoms with Crippen molar-refractivity contribution < 1.29 is 14.3 Å². The molecule has 0 unspecified atom stereocenters. The van der Waals surface area contributed by atoms with Crippen LogP contribution in [0, 0.1) is 0 Å². The van der Waals surface area contributed by atoms with Gasteiger partial charge in [-0.05, 0) is 24.8 Å². The molecule has 1 amide bonds. The number of carbonyl (C=O) groups is 2. The third-order valence-corrected chi connectivity index (χ3v) is 5.69. The molecule has 0 spiro atoms. The van der Waals surface area contributed by atoms with Gasteiger partial charge < -0.3 is 4.74 Å². The van der Waals surface area contributed by atoms with E-state index in [-0.39, 0.29) is 12.5 Å². The van der Waals surface area contributed by atoms with E-state index in [2.05, 4.69) is 10.3 Å². The van der Waals surface area contributed by atoms with Crippen molar-refractivity contribution in [1.29, 1.82) is 0 Å². The molecular formula is C21H20N2O3S2. The zero-order valence-electron chi connectivity index (χ0n) is 15.6. The van der Waals surface area contributed by atoms with E-state index in [0.717, 1.165) is 27.5 Å². The number of hydrogen-bond acceptors (Lipinski definition) is 6. The van der Waals surface area contributed by atoms with E-state index in [1.165, 1.54) is 0 Å². The van der Waals surface area contributed by atoms with Gasteiger partial charge in [0.05, 0.1) is 17.9 Å². The first-order valence-electron chi connectivity index (χ1n) is 8.90. The summed E-state index contributed by atoms with van der Waals surface area (Å²) >= 11 is 2.73. The van der Waals surface area contributed by atoms with Crippen LogP contribution in [0.1, 0.15) is 33.9 Å². The summed E-state index contributed by atoms with van der Waals surface area (Å²) in [6, 6.07) is 16.8. The lowest BCUT2D eigenvalue weighted by molar-refractivity contribution is 0.0532. The number of aromatic nitrogens is 1. The molecule has 5 nitrogen and oxygen atoms in total. The van der Waals surface area contributed by atoms with Gasteiger partial charge in [0.25, 0.3) is 5.91 Å². The van der Waals surface area contributed by atoms with Crippen LogP contribution in [0.5, 0.6) is 0 Å². The van der Waals surface area contributed by atoms with E-state index < -0.39 is 5.97 Å². The maximum atomic E-state index is 12.8. The van der Waals surface area contributed by atoms with Crippen molar-refractivity contribution in [2.75, 3.05) is 17.7 Å². The monoisotopic (exact) mass is 412 g/mol. The van der Waals surface area contributed by atoms with Gasteiger partial charge in [0.2, 0.25) is 0 Å². The van der Waals surface area contributed by atoms with Gasteiger partial charge in [0.1, 0.15) is 4.88 Å². The van der Waals surface area contributed by atoms with E-state index >= 15 is 0 Å². The van der Waals surface area contributed by atoms with Crippen LogP contribution in [-0.2, 0) is 4.74 Å². The Labute approximate surface area is 172 Å². The molecular weight excluding hydrogens is 392 g/mol. The van der Waals surface area contributed by atoms with E-state index in [0.29, 0.717) is 21.3 Å². The first kappa shape index (κ1) is 20.1. The Kier molecular flexibility index (Phi) is 6.84. The smallest absolute Gasteiger partial charge is 0.350 e. The number of nitrogens with zero attached hydrogens (tertiary/aromatic N) is 1. The highest BCUT2D eigenvalue weighted by molar-refractivity contribution is 7.99. The summed E-state index contributed by atoms with van der Waals surface area (Å²) < 4.78 is 5.16. The SMILES string of the molecule is CCOC(=O)c1sc(NC(=O)c2ccccc2SCC)nc1-c1ccccc1. The minimum atomic E-state index is -0.443. The van der Waals surface area contributed by atoms with Crippen molar-refractivity contribution in [3.05, 3.63) is 65.0 Å². The number of thiazole rings is 1. The number of ether oxygens (including phenoxy) is 1. The summed E-state index contributed by atoms with van der Waals surface area (Å²) in [5, 5.41) is 3.20. The van der Waals surface area contributed by atoms with Gasteiger partial charge in [-0.15, -0.1) is 11.8 Å². The fraction of sp³-hybridized carbons (Fsp3) is 0.190. The molecule has 0 bridgehead atoms. The highest BCUT2D eigenvalue weighted by Gasteiger charge is 2.22. The molecule has 7 heteroatoms. The summed E-state index contributed by atoms with van der Waals surface area (Å²) in [7, 11) is 0. The number of thioether (sulfide) groups is 1. The topological polar surface area (TPSA) is 68.3 Å². The molecule has 3 rings (SSSR count).